The molecule has 4 N–H and O–H groups in total. The Labute approximate surface area is 212 Å². The lowest BCUT2D eigenvalue weighted by atomic mass is 9.63. The van der Waals surface area contributed by atoms with E-state index in [1.807, 2.05) is 13.8 Å². The Kier molecular flexibility index (Phi) is 9.41. The van der Waals surface area contributed by atoms with Crippen LogP contribution in [-0.2, 0) is 16.0 Å². The van der Waals surface area contributed by atoms with Crippen molar-refractivity contribution in [3.05, 3.63) is 58.7 Å². The molecular weight excluding hydrogens is 464 g/mol. The average Bonchev–Trinajstić information content (AvgIpc) is 3.64. The number of nitrogens with two attached hydrogens (primary N) is 1. The Hall–Kier alpha value is -2.58. The van der Waals surface area contributed by atoms with Gasteiger partial charge in [0.15, 0.2) is 0 Å². The van der Waals surface area contributed by atoms with Gasteiger partial charge in [0.05, 0.1) is 11.5 Å². The molecular formula is C28H39F2N3O3. The number of halogens is 2. The maximum absolute atomic E-state index is 14.0. The van der Waals surface area contributed by atoms with Gasteiger partial charge in [-0.2, -0.15) is 0 Å². The SMILES string of the molecule is CCCN(CCC)C(=O)C1=CC(C)=CC(C(N)=O)([C@H](Cc2cc(F)cc(F)c2)[C@@H](O)CNC2CC2)C1. The average molecular weight is 504 g/mol. The van der Waals surface area contributed by atoms with Gasteiger partial charge >= 0.3 is 0 Å². The van der Waals surface area contributed by atoms with Crippen molar-refractivity contribution in [2.75, 3.05) is 19.6 Å². The third-order valence-electron chi connectivity index (χ3n) is 7.07. The highest BCUT2D eigenvalue weighted by atomic mass is 19.1. The van der Waals surface area contributed by atoms with Gasteiger partial charge in [0, 0.05) is 43.2 Å². The molecule has 0 aliphatic heterocycles. The molecule has 1 aromatic carbocycles. The Morgan fingerprint density at radius 3 is 2.31 bits per heavy atom. The van der Waals surface area contributed by atoms with Crippen LogP contribution in [0.1, 0.15) is 58.4 Å². The maximum Gasteiger partial charge on any atom is 0.249 e. The Morgan fingerprint density at radius 2 is 1.78 bits per heavy atom. The lowest BCUT2D eigenvalue weighted by Gasteiger charge is -2.42. The number of hydrogen-bond acceptors (Lipinski definition) is 4. The van der Waals surface area contributed by atoms with Crippen molar-refractivity contribution in [2.45, 2.75) is 71.4 Å². The van der Waals surface area contributed by atoms with E-state index in [2.05, 4.69) is 5.32 Å². The van der Waals surface area contributed by atoms with Crippen molar-refractivity contribution in [1.29, 1.82) is 0 Å². The molecule has 0 radical (unpaired) electrons. The number of hydrogen-bond donors (Lipinski definition) is 3. The van der Waals surface area contributed by atoms with Crippen LogP contribution in [0.5, 0.6) is 0 Å². The first-order chi connectivity index (χ1) is 17.1. The molecule has 6 nitrogen and oxygen atoms in total. The zero-order valence-electron chi connectivity index (χ0n) is 21.5. The van der Waals surface area contributed by atoms with Crippen molar-refractivity contribution in [3.63, 3.8) is 0 Å². The number of primary amides is 1. The standard InChI is InChI=1S/C28H39F2N3O3/c1-4-8-33(9-5-2)26(35)20-10-18(3)15-28(16-20,27(31)36)24(25(34)17-32-23-6-7-23)13-19-11-21(29)14-22(30)12-19/h10-12,14-15,23-25,32,34H,4-9,13,16-17H2,1-3H3,(H2,31,36)/t24-,25+,28?/m1/s1. The zero-order chi connectivity index (χ0) is 26.5. The lowest BCUT2D eigenvalue weighted by Crippen LogP contribution is -2.52. The molecule has 1 aromatic rings. The van der Waals surface area contributed by atoms with Crippen LogP contribution in [0.2, 0.25) is 0 Å². The quantitative estimate of drug-likeness (QED) is 0.383. The van der Waals surface area contributed by atoms with Crippen LogP contribution in [0.15, 0.2) is 41.5 Å². The number of amides is 2. The van der Waals surface area contributed by atoms with Gasteiger partial charge in [-0.25, -0.2) is 8.78 Å². The molecule has 2 aliphatic rings. The predicted molar refractivity (Wildman–Crippen MR) is 136 cm³/mol. The number of nitrogens with one attached hydrogen (secondary N) is 1. The van der Waals surface area contributed by atoms with E-state index in [4.69, 9.17) is 5.73 Å². The summed E-state index contributed by atoms with van der Waals surface area (Å²) in [7, 11) is 0. The molecule has 2 amide bonds. The predicted octanol–water partition coefficient (Wildman–Crippen LogP) is 3.63. The number of benzene rings is 1. The van der Waals surface area contributed by atoms with Crippen LogP contribution in [0.4, 0.5) is 8.78 Å². The van der Waals surface area contributed by atoms with Crippen molar-refractivity contribution in [2.24, 2.45) is 17.1 Å². The van der Waals surface area contributed by atoms with E-state index in [0.717, 1.165) is 31.7 Å². The number of aliphatic hydroxyl groups excluding tert-OH is 1. The van der Waals surface area contributed by atoms with Gasteiger partial charge in [-0.05, 0) is 63.1 Å². The minimum Gasteiger partial charge on any atom is -0.391 e. The topological polar surface area (TPSA) is 95.7 Å². The molecule has 36 heavy (non-hydrogen) atoms. The molecule has 0 bridgehead atoms. The lowest BCUT2D eigenvalue weighted by molar-refractivity contribution is -0.132. The van der Waals surface area contributed by atoms with Crippen molar-refractivity contribution >= 4 is 11.8 Å². The van der Waals surface area contributed by atoms with Gasteiger partial charge < -0.3 is 21.1 Å². The van der Waals surface area contributed by atoms with Crippen LogP contribution >= 0.6 is 0 Å². The van der Waals surface area contributed by atoms with E-state index < -0.39 is 35.0 Å². The summed E-state index contributed by atoms with van der Waals surface area (Å²) in [5.41, 5.74) is 6.08. The van der Waals surface area contributed by atoms with E-state index in [1.165, 1.54) is 12.1 Å². The molecule has 3 rings (SSSR count). The van der Waals surface area contributed by atoms with Gasteiger partial charge in [0.1, 0.15) is 11.6 Å². The summed E-state index contributed by atoms with van der Waals surface area (Å²) in [6.07, 6.45) is 6.12. The molecule has 0 aromatic heterocycles. The first kappa shape index (κ1) is 28.0. The Balaban J connectivity index is 2.01. The summed E-state index contributed by atoms with van der Waals surface area (Å²) in [4.78, 5) is 28.5. The highest BCUT2D eigenvalue weighted by Crippen LogP contribution is 2.44. The minimum atomic E-state index is -1.40. The molecule has 3 atom stereocenters. The maximum atomic E-state index is 14.0. The van der Waals surface area contributed by atoms with Crippen LogP contribution in [0, 0.1) is 23.0 Å². The third kappa shape index (κ3) is 6.79. The first-order valence-corrected chi connectivity index (χ1v) is 12.9. The molecule has 198 valence electrons. The summed E-state index contributed by atoms with van der Waals surface area (Å²) in [6, 6.07) is 3.51. The first-order valence-electron chi connectivity index (χ1n) is 12.9. The van der Waals surface area contributed by atoms with E-state index in [9.17, 15) is 23.5 Å². The van der Waals surface area contributed by atoms with Gasteiger partial charge in [0.2, 0.25) is 11.8 Å². The zero-order valence-corrected chi connectivity index (χ0v) is 21.5. The van der Waals surface area contributed by atoms with E-state index in [-0.39, 0.29) is 25.3 Å². The van der Waals surface area contributed by atoms with Gasteiger partial charge in [0.25, 0.3) is 0 Å². The fraction of sp³-hybridized carbons (Fsp3) is 0.571. The monoisotopic (exact) mass is 503 g/mol. The van der Waals surface area contributed by atoms with Crippen molar-refractivity contribution in [3.8, 4) is 0 Å². The van der Waals surface area contributed by atoms with Gasteiger partial charge in [-0.1, -0.05) is 31.6 Å². The summed E-state index contributed by atoms with van der Waals surface area (Å²) in [6.45, 7) is 7.19. The highest BCUT2D eigenvalue weighted by molar-refractivity contribution is 5.96. The molecule has 2 aliphatic carbocycles. The van der Waals surface area contributed by atoms with Crippen LogP contribution < -0.4 is 11.1 Å². The number of allylic oxidation sites excluding steroid dienone is 2. The van der Waals surface area contributed by atoms with Crippen molar-refractivity contribution < 1.29 is 23.5 Å². The minimum absolute atomic E-state index is 0.0179. The fourth-order valence-electron chi connectivity index (χ4n) is 5.28. The number of carbonyl (C=O) groups is 2. The second-order valence-electron chi connectivity index (χ2n) is 10.3. The van der Waals surface area contributed by atoms with Crippen LogP contribution in [-0.4, -0.2) is 53.6 Å². The summed E-state index contributed by atoms with van der Waals surface area (Å²) in [5.74, 6) is -3.10. The van der Waals surface area contributed by atoms with Crippen molar-refractivity contribution in [1.82, 2.24) is 10.2 Å². The molecule has 1 fully saturated rings. The normalized spacial score (nSPS) is 21.4. The molecule has 0 heterocycles. The van der Waals surface area contributed by atoms with E-state index >= 15 is 0 Å². The largest absolute Gasteiger partial charge is 0.391 e. The molecule has 1 saturated carbocycles. The smallest absolute Gasteiger partial charge is 0.249 e. The molecule has 0 saturated heterocycles. The summed E-state index contributed by atoms with van der Waals surface area (Å²) < 4.78 is 28.0. The number of aliphatic hydroxyl groups is 1. The second-order valence-corrected chi connectivity index (χ2v) is 10.3. The van der Waals surface area contributed by atoms with E-state index in [0.29, 0.717) is 35.8 Å². The van der Waals surface area contributed by atoms with Crippen LogP contribution in [0.3, 0.4) is 0 Å². The number of carbonyl (C=O) groups excluding carboxylic acids is 2. The third-order valence-corrected chi connectivity index (χ3v) is 7.07. The van der Waals surface area contributed by atoms with Crippen LogP contribution in [0.25, 0.3) is 0 Å². The highest BCUT2D eigenvalue weighted by Gasteiger charge is 2.48. The van der Waals surface area contributed by atoms with Gasteiger partial charge in [-0.15, -0.1) is 0 Å². The molecule has 1 unspecified atom stereocenters. The Bertz CT molecular complexity index is 995. The fourth-order valence-corrected chi connectivity index (χ4v) is 5.28. The Morgan fingerprint density at radius 1 is 1.17 bits per heavy atom. The number of nitrogens with zero attached hydrogens (tertiary/aromatic N) is 1. The van der Waals surface area contributed by atoms with Gasteiger partial charge in [-0.3, -0.25) is 9.59 Å². The molecule has 8 heteroatoms. The number of rotatable bonds is 13. The summed E-state index contributed by atoms with van der Waals surface area (Å²) in [5, 5.41) is 14.6. The summed E-state index contributed by atoms with van der Waals surface area (Å²) >= 11 is 0. The molecule has 0 spiro atoms. The second kappa shape index (κ2) is 12.1. The van der Waals surface area contributed by atoms with E-state index in [1.54, 1.807) is 24.0 Å².